The third kappa shape index (κ3) is 4.05. The molecule has 4 nitrogen and oxygen atoms in total. The minimum absolute atomic E-state index is 0.0990. The van der Waals surface area contributed by atoms with Gasteiger partial charge in [-0.1, -0.05) is 41.8 Å². The number of hydrogen-bond donors (Lipinski definition) is 0. The first kappa shape index (κ1) is 21.8. The predicted octanol–water partition coefficient (Wildman–Crippen LogP) is 6.24. The summed E-state index contributed by atoms with van der Waals surface area (Å²) in [6.45, 7) is 4.04. The van der Waals surface area contributed by atoms with Gasteiger partial charge in [-0.25, -0.2) is 0 Å². The summed E-state index contributed by atoms with van der Waals surface area (Å²) < 4.78 is 2.02. The van der Waals surface area contributed by atoms with E-state index in [0.29, 0.717) is 16.1 Å². The van der Waals surface area contributed by atoms with E-state index in [9.17, 15) is 4.79 Å². The smallest absolute Gasteiger partial charge is 0.271 e. The second-order valence-electron chi connectivity index (χ2n) is 9.07. The number of amides is 1. The summed E-state index contributed by atoms with van der Waals surface area (Å²) in [6.07, 6.45) is 6.08. The van der Waals surface area contributed by atoms with Gasteiger partial charge in [-0.15, -0.1) is 0 Å². The summed E-state index contributed by atoms with van der Waals surface area (Å²) >= 11 is 12.5. The number of likely N-dealkylation sites (tertiary alicyclic amines) is 2. The van der Waals surface area contributed by atoms with E-state index in [1.54, 1.807) is 0 Å². The van der Waals surface area contributed by atoms with E-state index in [2.05, 4.69) is 4.90 Å². The van der Waals surface area contributed by atoms with Crippen LogP contribution >= 0.6 is 23.2 Å². The zero-order valence-electron chi connectivity index (χ0n) is 18.5. The average Bonchev–Trinajstić information content (AvgIpc) is 3.11. The van der Waals surface area contributed by atoms with Crippen LogP contribution < -0.4 is 0 Å². The molecule has 0 spiro atoms. The fraction of sp³-hybridized carbons (Fsp3) is 0.423. The van der Waals surface area contributed by atoms with Crippen molar-refractivity contribution in [1.29, 1.82) is 0 Å². The van der Waals surface area contributed by atoms with E-state index in [1.807, 2.05) is 59.0 Å². The lowest BCUT2D eigenvalue weighted by molar-refractivity contribution is 0.0583. The molecule has 2 aliphatic heterocycles. The minimum Gasteiger partial charge on any atom is -0.339 e. The summed E-state index contributed by atoms with van der Waals surface area (Å²) in [5, 5.41) is 2.34. The number of carbonyl (C=O) groups excluding carboxylic acids is 1. The Morgan fingerprint density at radius 1 is 0.875 bits per heavy atom. The Morgan fingerprint density at radius 3 is 2.22 bits per heavy atom. The van der Waals surface area contributed by atoms with E-state index >= 15 is 0 Å². The number of aromatic nitrogens is 1. The number of nitrogens with zero attached hydrogens (tertiary/aromatic N) is 3. The summed E-state index contributed by atoms with van der Waals surface area (Å²) in [5.74, 6) is 0.0990. The van der Waals surface area contributed by atoms with Gasteiger partial charge >= 0.3 is 0 Å². The number of fused-ring (bicyclic) bond motifs is 1. The fourth-order valence-electron chi connectivity index (χ4n) is 5.44. The third-order valence-electron chi connectivity index (χ3n) is 7.16. The van der Waals surface area contributed by atoms with Gasteiger partial charge in [-0.05, 0) is 74.7 Å². The molecule has 0 saturated carbocycles. The number of piperidine rings is 2. The second kappa shape index (κ2) is 9.09. The topological polar surface area (TPSA) is 28.5 Å². The summed E-state index contributed by atoms with van der Waals surface area (Å²) in [4.78, 5) is 18.5. The maximum atomic E-state index is 13.9. The molecule has 3 aromatic rings. The van der Waals surface area contributed by atoms with Crippen molar-refractivity contribution in [3.8, 4) is 11.1 Å². The largest absolute Gasteiger partial charge is 0.339 e. The normalized spacial score (nSPS) is 18.4. The van der Waals surface area contributed by atoms with Crippen LogP contribution in [0.4, 0.5) is 0 Å². The van der Waals surface area contributed by atoms with Crippen LogP contribution in [0.3, 0.4) is 0 Å². The Hall–Kier alpha value is -2.01. The number of aryl methyl sites for hydroxylation is 1. The molecule has 32 heavy (non-hydrogen) atoms. The first-order valence-corrected chi connectivity index (χ1v) is 12.4. The number of halogens is 2. The van der Waals surface area contributed by atoms with Crippen molar-refractivity contribution < 1.29 is 4.79 Å². The van der Waals surface area contributed by atoms with Gasteiger partial charge in [-0.3, -0.25) is 4.79 Å². The number of benzene rings is 2. The molecule has 0 aliphatic carbocycles. The first-order chi connectivity index (χ1) is 15.5. The monoisotopic (exact) mass is 469 g/mol. The fourth-order valence-corrected chi connectivity index (χ4v) is 5.74. The van der Waals surface area contributed by atoms with Crippen molar-refractivity contribution in [3.05, 3.63) is 58.2 Å². The highest BCUT2D eigenvalue weighted by molar-refractivity contribution is 6.32. The lowest BCUT2D eigenvalue weighted by Crippen LogP contribution is -2.48. The third-order valence-corrected chi connectivity index (χ3v) is 7.64. The standard InChI is InChI=1S/C26H29Cl2N3O/c1-29-23-10-9-20(28)17-22(23)24(18-5-7-19(27)8-6-18)25(29)26(32)31-15-11-21(12-16-31)30-13-3-2-4-14-30/h5-10,17,21H,2-4,11-16H2,1H3. The number of carbonyl (C=O) groups is 1. The van der Waals surface area contributed by atoms with Crippen LogP contribution in [-0.2, 0) is 7.05 Å². The van der Waals surface area contributed by atoms with Crippen LogP contribution in [0, 0.1) is 0 Å². The molecule has 0 bridgehead atoms. The van der Waals surface area contributed by atoms with Gasteiger partial charge < -0.3 is 14.4 Å². The zero-order valence-corrected chi connectivity index (χ0v) is 20.0. The van der Waals surface area contributed by atoms with Crippen molar-refractivity contribution in [2.24, 2.45) is 7.05 Å². The van der Waals surface area contributed by atoms with Crippen molar-refractivity contribution in [3.63, 3.8) is 0 Å². The van der Waals surface area contributed by atoms with E-state index in [4.69, 9.17) is 23.2 Å². The Balaban J connectivity index is 1.48. The molecule has 0 unspecified atom stereocenters. The second-order valence-corrected chi connectivity index (χ2v) is 9.94. The molecule has 6 heteroatoms. The molecule has 168 valence electrons. The quantitative estimate of drug-likeness (QED) is 0.453. The molecule has 2 aromatic carbocycles. The molecule has 1 aromatic heterocycles. The van der Waals surface area contributed by atoms with Crippen LogP contribution in [0.1, 0.15) is 42.6 Å². The molecule has 0 N–H and O–H groups in total. The Bertz CT molecular complexity index is 1120. The van der Waals surface area contributed by atoms with Crippen molar-refractivity contribution in [1.82, 2.24) is 14.4 Å². The Labute approximate surface area is 199 Å². The van der Waals surface area contributed by atoms with Crippen LogP contribution in [0.15, 0.2) is 42.5 Å². The Morgan fingerprint density at radius 2 is 1.53 bits per heavy atom. The van der Waals surface area contributed by atoms with Crippen LogP contribution in [-0.4, -0.2) is 52.5 Å². The van der Waals surface area contributed by atoms with E-state index in [1.165, 1.54) is 32.4 Å². The number of rotatable bonds is 3. The summed E-state index contributed by atoms with van der Waals surface area (Å²) in [5.41, 5.74) is 3.64. The molecular weight excluding hydrogens is 441 g/mol. The predicted molar refractivity (Wildman–Crippen MR) is 133 cm³/mol. The van der Waals surface area contributed by atoms with Crippen molar-refractivity contribution >= 4 is 40.0 Å². The molecule has 0 atom stereocenters. The van der Waals surface area contributed by atoms with Gasteiger partial charge in [0, 0.05) is 52.7 Å². The number of hydrogen-bond acceptors (Lipinski definition) is 2. The lowest BCUT2D eigenvalue weighted by Gasteiger charge is -2.40. The van der Waals surface area contributed by atoms with E-state index in [0.717, 1.165) is 53.7 Å². The SMILES string of the molecule is Cn1c(C(=O)N2CCC(N3CCCCC3)CC2)c(-c2ccc(Cl)cc2)c2cc(Cl)ccc21. The first-order valence-electron chi connectivity index (χ1n) is 11.6. The van der Waals surface area contributed by atoms with Gasteiger partial charge in [0.1, 0.15) is 5.69 Å². The van der Waals surface area contributed by atoms with Crippen molar-refractivity contribution in [2.45, 2.75) is 38.1 Å². The molecule has 2 aliphatic rings. The maximum Gasteiger partial charge on any atom is 0.271 e. The minimum atomic E-state index is 0.0990. The summed E-state index contributed by atoms with van der Waals surface area (Å²) in [6, 6.07) is 14.2. The molecule has 0 radical (unpaired) electrons. The zero-order chi connectivity index (χ0) is 22.2. The van der Waals surface area contributed by atoms with Crippen LogP contribution in [0.2, 0.25) is 10.0 Å². The van der Waals surface area contributed by atoms with Gasteiger partial charge in [0.05, 0.1) is 0 Å². The maximum absolute atomic E-state index is 13.9. The Kier molecular flexibility index (Phi) is 6.20. The van der Waals surface area contributed by atoms with Gasteiger partial charge in [0.25, 0.3) is 5.91 Å². The highest BCUT2D eigenvalue weighted by Gasteiger charge is 2.31. The lowest BCUT2D eigenvalue weighted by atomic mass is 9.98. The van der Waals surface area contributed by atoms with E-state index in [-0.39, 0.29) is 5.91 Å². The highest BCUT2D eigenvalue weighted by atomic mass is 35.5. The van der Waals surface area contributed by atoms with Gasteiger partial charge in [-0.2, -0.15) is 0 Å². The molecule has 3 heterocycles. The van der Waals surface area contributed by atoms with E-state index < -0.39 is 0 Å². The van der Waals surface area contributed by atoms with Gasteiger partial charge in [0.15, 0.2) is 0 Å². The highest BCUT2D eigenvalue weighted by Crippen LogP contribution is 2.37. The van der Waals surface area contributed by atoms with Gasteiger partial charge in [0.2, 0.25) is 0 Å². The van der Waals surface area contributed by atoms with Crippen molar-refractivity contribution in [2.75, 3.05) is 26.2 Å². The molecule has 5 rings (SSSR count). The molecule has 2 saturated heterocycles. The van der Waals surface area contributed by atoms with Crippen LogP contribution in [0.25, 0.3) is 22.0 Å². The average molecular weight is 470 g/mol. The summed E-state index contributed by atoms with van der Waals surface area (Å²) in [7, 11) is 1.98. The molecule has 1 amide bonds. The molecular formula is C26H29Cl2N3O. The van der Waals surface area contributed by atoms with Crippen LogP contribution in [0.5, 0.6) is 0 Å². The molecule has 2 fully saturated rings.